The molecule has 2 amide bonds. The van der Waals surface area contributed by atoms with Gasteiger partial charge in [-0.25, -0.2) is 0 Å². The Morgan fingerprint density at radius 2 is 1.39 bits per heavy atom. The number of hydrogen-bond acceptors (Lipinski definition) is 2. The molecule has 0 aromatic heterocycles. The second-order valence-electron chi connectivity index (χ2n) is 7.03. The molecule has 0 saturated carbocycles. The van der Waals surface area contributed by atoms with Gasteiger partial charge in [0, 0.05) is 12.6 Å². The monoisotopic (exact) mass is 318 g/mol. The highest BCUT2D eigenvalue weighted by Crippen LogP contribution is 2.32. The molecule has 4 nitrogen and oxygen atoms in total. The quantitative estimate of drug-likeness (QED) is 0.832. The molecule has 0 aliphatic carbocycles. The van der Waals surface area contributed by atoms with Gasteiger partial charge in [-0.1, -0.05) is 59.7 Å². The second kappa shape index (κ2) is 8.14. The van der Waals surface area contributed by atoms with Crippen molar-refractivity contribution in [2.45, 2.75) is 66.3 Å². The average Bonchev–Trinajstić information content (AvgIpc) is 2.43. The molecule has 1 aromatic rings. The summed E-state index contributed by atoms with van der Waals surface area (Å²) < 4.78 is 0. The minimum absolute atomic E-state index is 0.0209. The standard InChI is InChI=1S/C19H30N2O2/c1-11(2)15-9-8-10-16(12(3)4)18(15)21-19(23)17(13(5)6)20-14(7)22/h8-13,17H,1-7H3,(H,20,22)(H,21,23). The second-order valence-corrected chi connectivity index (χ2v) is 7.03. The molecule has 0 saturated heterocycles. The van der Waals surface area contributed by atoms with E-state index in [9.17, 15) is 9.59 Å². The molecule has 1 aromatic carbocycles. The lowest BCUT2D eigenvalue weighted by atomic mass is 9.92. The SMILES string of the molecule is CC(=O)NC(C(=O)Nc1c(C(C)C)cccc1C(C)C)C(C)C. The topological polar surface area (TPSA) is 58.2 Å². The zero-order valence-corrected chi connectivity index (χ0v) is 15.4. The van der Waals surface area contributed by atoms with E-state index in [1.165, 1.54) is 6.92 Å². The molecule has 0 aliphatic rings. The van der Waals surface area contributed by atoms with Crippen LogP contribution in [0.4, 0.5) is 5.69 Å². The lowest BCUT2D eigenvalue weighted by Crippen LogP contribution is -2.46. The molecule has 1 unspecified atom stereocenters. The van der Waals surface area contributed by atoms with Gasteiger partial charge in [-0.05, 0) is 28.9 Å². The van der Waals surface area contributed by atoms with E-state index in [1.54, 1.807) is 0 Å². The molecule has 0 aliphatic heterocycles. The third kappa shape index (κ3) is 5.08. The van der Waals surface area contributed by atoms with Crippen LogP contribution in [0, 0.1) is 5.92 Å². The van der Waals surface area contributed by atoms with Crippen LogP contribution in [0.1, 0.15) is 71.4 Å². The van der Waals surface area contributed by atoms with Gasteiger partial charge < -0.3 is 10.6 Å². The van der Waals surface area contributed by atoms with E-state index in [-0.39, 0.29) is 17.7 Å². The number of para-hydroxylation sites is 1. The van der Waals surface area contributed by atoms with Crippen molar-refractivity contribution in [3.8, 4) is 0 Å². The maximum Gasteiger partial charge on any atom is 0.247 e. The highest BCUT2D eigenvalue weighted by Gasteiger charge is 2.25. The predicted octanol–water partition coefficient (Wildman–Crippen LogP) is 4.03. The van der Waals surface area contributed by atoms with Gasteiger partial charge in [0.1, 0.15) is 6.04 Å². The van der Waals surface area contributed by atoms with Crippen LogP contribution in [0.2, 0.25) is 0 Å². The zero-order chi connectivity index (χ0) is 17.7. The minimum Gasteiger partial charge on any atom is -0.344 e. The highest BCUT2D eigenvalue weighted by atomic mass is 16.2. The summed E-state index contributed by atoms with van der Waals surface area (Å²) in [4.78, 5) is 24.1. The first-order valence-corrected chi connectivity index (χ1v) is 8.35. The molecule has 1 rings (SSSR count). The van der Waals surface area contributed by atoms with Crippen molar-refractivity contribution >= 4 is 17.5 Å². The number of carbonyl (C=O) groups excluding carboxylic acids is 2. The van der Waals surface area contributed by atoms with E-state index in [0.29, 0.717) is 11.8 Å². The van der Waals surface area contributed by atoms with Crippen molar-refractivity contribution in [1.29, 1.82) is 0 Å². The van der Waals surface area contributed by atoms with Crippen LogP contribution in [-0.2, 0) is 9.59 Å². The largest absolute Gasteiger partial charge is 0.344 e. The summed E-state index contributed by atoms with van der Waals surface area (Å²) in [5.41, 5.74) is 3.13. The van der Waals surface area contributed by atoms with Crippen LogP contribution in [0.5, 0.6) is 0 Å². The first-order valence-electron chi connectivity index (χ1n) is 8.35. The molecule has 0 spiro atoms. The molecule has 2 N–H and O–H groups in total. The van der Waals surface area contributed by atoms with Crippen molar-refractivity contribution in [1.82, 2.24) is 5.32 Å². The summed E-state index contributed by atoms with van der Waals surface area (Å²) in [5.74, 6) is 0.280. The first-order chi connectivity index (χ1) is 10.6. The number of carbonyl (C=O) groups is 2. The molecule has 0 bridgehead atoms. The summed E-state index contributed by atoms with van der Waals surface area (Å²) >= 11 is 0. The van der Waals surface area contributed by atoms with Gasteiger partial charge in [0.05, 0.1) is 0 Å². The molecular weight excluding hydrogens is 288 g/mol. The van der Waals surface area contributed by atoms with Crippen molar-refractivity contribution < 1.29 is 9.59 Å². The van der Waals surface area contributed by atoms with Gasteiger partial charge >= 0.3 is 0 Å². The van der Waals surface area contributed by atoms with E-state index in [1.807, 2.05) is 19.9 Å². The fourth-order valence-electron chi connectivity index (χ4n) is 2.65. The van der Waals surface area contributed by atoms with Crippen molar-refractivity contribution in [3.63, 3.8) is 0 Å². The Morgan fingerprint density at radius 3 is 1.74 bits per heavy atom. The Kier molecular flexibility index (Phi) is 6.79. The van der Waals surface area contributed by atoms with Crippen molar-refractivity contribution in [2.24, 2.45) is 5.92 Å². The smallest absolute Gasteiger partial charge is 0.247 e. The molecular formula is C19H30N2O2. The van der Waals surface area contributed by atoms with Crippen LogP contribution < -0.4 is 10.6 Å². The van der Waals surface area contributed by atoms with E-state index in [2.05, 4.69) is 50.5 Å². The van der Waals surface area contributed by atoms with E-state index in [4.69, 9.17) is 0 Å². The molecule has 23 heavy (non-hydrogen) atoms. The Balaban J connectivity index is 3.20. The molecule has 128 valence electrons. The maximum absolute atomic E-state index is 12.7. The first kappa shape index (κ1) is 19.2. The summed E-state index contributed by atoms with van der Waals surface area (Å²) in [5, 5.41) is 5.82. The third-order valence-electron chi connectivity index (χ3n) is 3.93. The van der Waals surface area contributed by atoms with Crippen molar-refractivity contribution in [3.05, 3.63) is 29.3 Å². The van der Waals surface area contributed by atoms with Crippen LogP contribution in [0.25, 0.3) is 0 Å². The Morgan fingerprint density at radius 1 is 0.913 bits per heavy atom. The van der Waals surface area contributed by atoms with Gasteiger partial charge in [-0.2, -0.15) is 0 Å². The number of amides is 2. The summed E-state index contributed by atoms with van der Waals surface area (Å²) in [6, 6.07) is 5.60. The van der Waals surface area contributed by atoms with E-state index >= 15 is 0 Å². The predicted molar refractivity (Wildman–Crippen MR) is 95.7 cm³/mol. The van der Waals surface area contributed by atoms with Crippen LogP contribution in [-0.4, -0.2) is 17.9 Å². The van der Waals surface area contributed by atoms with Gasteiger partial charge in [-0.3, -0.25) is 9.59 Å². The number of nitrogens with one attached hydrogen (secondary N) is 2. The minimum atomic E-state index is -0.535. The summed E-state index contributed by atoms with van der Waals surface area (Å²) in [6.45, 7) is 13.7. The molecule has 1 atom stereocenters. The van der Waals surface area contributed by atoms with Gasteiger partial charge in [0.2, 0.25) is 11.8 Å². The lowest BCUT2D eigenvalue weighted by Gasteiger charge is -2.25. The summed E-state index contributed by atoms with van der Waals surface area (Å²) in [6.07, 6.45) is 0. The van der Waals surface area contributed by atoms with Crippen LogP contribution in [0.15, 0.2) is 18.2 Å². The van der Waals surface area contributed by atoms with Gasteiger partial charge in [0.25, 0.3) is 0 Å². The average molecular weight is 318 g/mol. The number of rotatable bonds is 6. The van der Waals surface area contributed by atoms with Crippen LogP contribution >= 0.6 is 0 Å². The molecule has 0 radical (unpaired) electrons. The zero-order valence-electron chi connectivity index (χ0n) is 15.4. The van der Waals surface area contributed by atoms with Crippen molar-refractivity contribution in [2.75, 3.05) is 5.32 Å². The molecule has 0 heterocycles. The van der Waals surface area contributed by atoms with Gasteiger partial charge in [0.15, 0.2) is 0 Å². The lowest BCUT2D eigenvalue weighted by molar-refractivity contribution is -0.126. The number of benzene rings is 1. The fourth-order valence-corrected chi connectivity index (χ4v) is 2.65. The van der Waals surface area contributed by atoms with E-state index in [0.717, 1.165) is 16.8 Å². The third-order valence-corrected chi connectivity index (χ3v) is 3.93. The fraction of sp³-hybridized carbons (Fsp3) is 0.579. The number of hydrogen-bond donors (Lipinski definition) is 2. The Bertz CT molecular complexity index is 536. The van der Waals surface area contributed by atoms with E-state index < -0.39 is 6.04 Å². The number of anilines is 1. The van der Waals surface area contributed by atoms with Crippen LogP contribution in [0.3, 0.4) is 0 Å². The Labute approximate surface area is 140 Å². The maximum atomic E-state index is 12.7. The summed E-state index contributed by atoms with van der Waals surface area (Å²) in [7, 11) is 0. The normalized spacial score (nSPS) is 12.6. The molecule has 0 fully saturated rings. The molecule has 4 heteroatoms. The Hall–Kier alpha value is -1.84. The highest BCUT2D eigenvalue weighted by molar-refractivity contribution is 5.98. The van der Waals surface area contributed by atoms with Gasteiger partial charge in [-0.15, -0.1) is 0 Å².